The molecular formula is C16H16OS. The second-order valence-corrected chi connectivity index (χ2v) is 5.62. The van der Waals surface area contributed by atoms with Gasteiger partial charge < -0.3 is 4.74 Å². The van der Waals surface area contributed by atoms with Gasteiger partial charge in [-0.3, -0.25) is 0 Å². The van der Waals surface area contributed by atoms with E-state index in [-0.39, 0.29) is 0 Å². The highest BCUT2D eigenvalue weighted by Crippen LogP contribution is 2.25. The van der Waals surface area contributed by atoms with Crippen LogP contribution in [0.25, 0.3) is 0 Å². The zero-order chi connectivity index (χ0) is 12.2. The Hall–Kier alpha value is -1.25. The number of fused-ring (bicyclic) bond motifs is 1. The monoisotopic (exact) mass is 256 g/mol. The van der Waals surface area contributed by atoms with Crippen molar-refractivity contribution in [3.05, 3.63) is 65.7 Å². The molecule has 1 nitrogen and oxygen atoms in total. The summed E-state index contributed by atoms with van der Waals surface area (Å²) in [5.41, 5.74) is 2.79. The van der Waals surface area contributed by atoms with E-state index in [2.05, 4.69) is 54.6 Å². The molecule has 1 heterocycles. The third-order valence-corrected chi connectivity index (χ3v) is 4.36. The van der Waals surface area contributed by atoms with Crippen LogP contribution in [0.5, 0.6) is 0 Å². The topological polar surface area (TPSA) is 9.23 Å². The van der Waals surface area contributed by atoms with Gasteiger partial charge in [0.05, 0.1) is 12.7 Å². The largest absolute Gasteiger partial charge is 0.372 e. The van der Waals surface area contributed by atoms with E-state index >= 15 is 0 Å². The first-order valence-electron chi connectivity index (χ1n) is 6.28. The summed E-state index contributed by atoms with van der Waals surface area (Å²) in [6.45, 7) is 0.760. The molecule has 0 spiro atoms. The Labute approximate surface area is 112 Å². The quantitative estimate of drug-likeness (QED) is 0.770. The maximum atomic E-state index is 5.91. The van der Waals surface area contributed by atoms with Gasteiger partial charge in [0, 0.05) is 10.6 Å². The molecule has 1 aliphatic heterocycles. The Morgan fingerprint density at radius 2 is 1.67 bits per heavy atom. The van der Waals surface area contributed by atoms with Gasteiger partial charge in [-0.2, -0.15) is 0 Å². The zero-order valence-corrected chi connectivity index (χ0v) is 11.0. The zero-order valence-electron chi connectivity index (χ0n) is 10.2. The van der Waals surface area contributed by atoms with Gasteiger partial charge >= 0.3 is 0 Å². The Morgan fingerprint density at radius 1 is 0.944 bits per heavy atom. The molecule has 0 amide bonds. The molecule has 3 rings (SSSR count). The summed E-state index contributed by atoms with van der Waals surface area (Å²) in [4.78, 5) is 1.32. The molecule has 1 aliphatic rings. The molecule has 92 valence electrons. The number of ether oxygens (including phenoxy) is 1. The van der Waals surface area contributed by atoms with E-state index in [4.69, 9.17) is 4.74 Å². The molecule has 0 bridgehead atoms. The van der Waals surface area contributed by atoms with Crippen LogP contribution < -0.4 is 0 Å². The second-order valence-electron chi connectivity index (χ2n) is 4.53. The minimum absolute atomic E-state index is 0.338. The van der Waals surface area contributed by atoms with Crippen LogP contribution in [0, 0.1) is 0 Å². The van der Waals surface area contributed by atoms with E-state index in [0.29, 0.717) is 6.10 Å². The lowest BCUT2D eigenvalue weighted by Crippen LogP contribution is -2.24. The minimum Gasteiger partial charge on any atom is -0.372 e. The molecule has 2 aromatic rings. The smallest absolute Gasteiger partial charge is 0.0723 e. The predicted octanol–water partition coefficient (Wildman–Crippen LogP) is 3.92. The van der Waals surface area contributed by atoms with Gasteiger partial charge in [0.1, 0.15) is 0 Å². The van der Waals surface area contributed by atoms with E-state index < -0.39 is 0 Å². The molecule has 0 aliphatic carbocycles. The molecule has 2 aromatic carbocycles. The highest BCUT2D eigenvalue weighted by Gasteiger charge is 2.18. The van der Waals surface area contributed by atoms with Gasteiger partial charge in [-0.15, -0.1) is 11.8 Å². The molecule has 18 heavy (non-hydrogen) atoms. The van der Waals surface area contributed by atoms with E-state index in [1.807, 2.05) is 11.8 Å². The minimum atomic E-state index is 0.338. The van der Waals surface area contributed by atoms with Crippen molar-refractivity contribution in [1.82, 2.24) is 0 Å². The molecular weight excluding hydrogens is 240 g/mol. The maximum Gasteiger partial charge on any atom is 0.0723 e. The average molecular weight is 256 g/mol. The molecule has 2 heteroatoms. The summed E-state index contributed by atoms with van der Waals surface area (Å²) in [7, 11) is 0. The van der Waals surface area contributed by atoms with Gasteiger partial charge in [0.15, 0.2) is 0 Å². The van der Waals surface area contributed by atoms with Crippen molar-refractivity contribution in [1.29, 1.82) is 0 Å². The van der Waals surface area contributed by atoms with Crippen LogP contribution in [0.15, 0.2) is 59.5 Å². The number of hydrogen-bond donors (Lipinski definition) is 0. The Kier molecular flexibility index (Phi) is 3.67. The van der Waals surface area contributed by atoms with Crippen LogP contribution in [-0.2, 0) is 17.8 Å². The van der Waals surface area contributed by atoms with Crippen molar-refractivity contribution in [3.63, 3.8) is 0 Å². The fourth-order valence-electron chi connectivity index (χ4n) is 2.22. The molecule has 0 aromatic heterocycles. The van der Waals surface area contributed by atoms with Gasteiger partial charge in [-0.05, 0) is 29.7 Å². The predicted molar refractivity (Wildman–Crippen MR) is 75.9 cm³/mol. The highest BCUT2D eigenvalue weighted by molar-refractivity contribution is 7.99. The van der Waals surface area contributed by atoms with Crippen LogP contribution in [0.3, 0.4) is 0 Å². The normalized spacial score (nSPS) is 18.3. The van der Waals surface area contributed by atoms with Crippen molar-refractivity contribution in [2.75, 3.05) is 5.75 Å². The number of thioether (sulfide) groups is 1. The fraction of sp³-hybridized carbons (Fsp3) is 0.250. The fourth-order valence-corrected chi connectivity index (χ4v) is 3.16. The Balaban J connectivity index is 1.60. The number of rotatable bonds is 3. The Morgan fingerprint density at radius 3 is 2.50 bits per heavy atom. The maximum absolute atomic E-state index is 5.91. The lowest BCUT2D eigenvalue weighted by atomic mass is 10.0. The molecule has 0 unspecified atom stereocenters. The van der Waals surface area contributed by atoms with Gasteiger partial charge in [-0.25, -0.2) is 0 Å². The van der Waals surface area contributed by atoms with Crippen LogP contribution >= 0.6 is 11.8 Å². The number of hydrogen-bond acceptors (Lipinski definition) is 2. The lowest BCUT2D eigenvalue weighted by Gasteiger charge is -2.25. The van der Waals surface area contributed by atoms with E-state index in [9.17, 15) is 0 Å². The molecule has 1 atom stereocenters. The number of benzene rings is 2. The highest BCUT2D eigenvalue weighted by atomic mass is 32.2. The van der Waals surface area contributed by atoms with Crippen LogP contribution in [0.4, 0.5) is 0 Å². The third kappa shape index (κ3) is 2.77. The van der Waals surface area contributed by atoms with Crippen molar-refractivity contribution in [2.45, 2.75) is 24.0 Å². The van der Waals surface area contributed by atoms with Crippen molar-refractivity contribution >= 4 is 11.8 Å². The standard InChI is InChI=1S/C16H16OS/c1-2-8-16(9-3-1)18-12-15-10-13-6-4-5-7-14(13)11-17-15/h1-9,15H,10-12H2/t15-/m0/s1. The van der Waals surface area contributed by atoms with Gasteiger partial charge in [0.25, 0.3) is 0 Å². The summed E-state index contributed by atoms with van der Waals surface area (Å²) in [5, 5.41) is 0. The van der Waals surface area contributed by atoms with Crippen molar-refractivity contribution in [2.24, 2.45) is 0 Å². The Bertz CT molecular complexity index is 510. The molecule has 0 saturated carbocycles. The summed E-state index contributed by atoms with van der Waals surface area (Å²) in [6.07, 6.45) is 1.38. The van der Waals surface area contributed by atoms with E-state index in [1.165, 1.54) is 16.0 Å². The average Bonchev–Trinajstić information content (AvgIpc) is 2.46. The van der Waals surface area contributed by atoms with Crippen LogP contribution in [0.1, 0.15) is 11.1 Å². The summed E-state index contributed by atoms with van der Waals surface area (Å²) in [5.74, 6) is 1.03. The summed E-state index contributed by atoms with van der Waals surface area (Å²) < 4.78 is 5.91. The van der Waals surface area contributed by atoms with E-state index in [1.54, 1.807) is 0 Å². The van der Waals surface area contributed by atoms with Crippen molar-refractivity contribution < 1.29 is 4.74 Å². The van der Waals surface area contributed by atoms with Crippen molar-refractivity contribution in [3.8, 4) is 0 Å². The molecule has 0 radical (unpaired) electrons. The summed E-state index contributed by atoms with van der Waals surface area (Å²) >= 11 is 1.88. The molecule has 0 saturated heterocycles. The first-order chi connectivity index (χ1) is 8.92. The summed E-state index contributed by atoms with van der Waals surface area (Å²) in [6, 6.07) is 19.1. The second kappa shape index (κ2) is 5.59. The van der Waals surface area contributed by atoms with Crippen LogP contribution in [-0.4, -0.2) is 11.9 Å². The lowest BCUT2D eigenvalue weighted by molar-refractivity contribution is 0.0441. The molecule has 0 fully saturated rings. The van der Waals surface area contributed by atoms with Gasteiger partial charge in [0.2, 0.25) is 0 Å². The first kappa shape index (κ1) is 11.8. The SMILES string of the molecule is c1ccc(SC[C@@H]2Cc3ccccc3CO2)cc1. The molecule has 0 N–H and O–H groups in total. The van der Waals surface area contributed by atoms with Gasteiger partial charge in [-0.1, -0.05) is 42.5 Å². The third-order valence-electron chi connectivity index (χ3n) is 3.22. The van der Waals surface area contributed by atoms with Crippen LogP contribution in [0.2, 0.25) is 0 Å². The first-order valence-corrected chi connectivity index (χ1v) is 7.26. The van der Waals surface area contributed by atoms with E-state index in [0.717, 1.165) is 18.8 Å².